The van der Waals surface area contributed by atoms with E-state index in [2.05, 4.69) is 34.6 Å². The van der Waals surface area contributed by atoms with Crippen molar-refractivity contribution < 1.29 is 4.39 Å². The maximum absolute atomic E-state index is 12.8. The fourth-order valence-electron chi connectivity index (χ4n) is 2.33. The van der Waals surface area contributed by atoms with Gasteiger partial charge in [0.15, 0.2) is 0 Å². The van der Waals surface area contributed by atoms with Crippen molar-refractivity contribution in [3.05, 3.63) is 71.7 Å². The zero-order valence-corrected chi connectivity index (χ0v) is 12.4. The van der Waals surface area contributed by atoms with Crippen LogP contribution in [-0.2, 0) is 13.0 Å². The Balaban J connectivity index is 0.00000161. The molecule has 3 rings (SSSR count). The molecule has 4 heteroatoms. The molecule has 21 heavy (non-hydrogen) atoms. The fourth-order valence-corrected chi connectivity index (χ4v) is 2.33. The van der Waals surface area contributed by atoms with Crippen LogP contribution in [0, 0.1) is 5.82 Å². The molecule has 0 fully saturated rings. The lowest BCUT2D eigenvalue weighted by molar-refractivity contribution is 0.626. The number of hydrogen-bond donors (Lipinski definition) is 2. The summed E-state index contributed by atoms with van der Waals surface area (Å²) in [5.41, 5.74) is 3.59. The molecule has 0 unspecified atom stereocenters. The van der Waals surface area contributed by atoms with E-state index in [1.54, 1.807) is 0 Å². The summed E-state index contributed by atoms with van der Waals surface area (Å²) < 4.78 is 12.8. The quantitative estimate of drug-likeness (QED) is 0.684. The van der Waals surface area contributed by atoms with Gasteiger partial charge in [-0.05, 0) is 59.8 Å². The second-order valence-electron chi connectivity index (χ2n) is 4.95. The molecule has 0 aliphatic carbocycles. The van der Waals surface area contributed by atoms with Crippen LogP contribution >= 0.6 is 12.4 Å². The first-order chi connectivity index (χ1) is 9.81. The topological polar surface area (TPSA) is 27.8 Å². The van der Waals surface area contributed by atoms with E-state index in [-0.39, 0.29) is 18.2 Å². The number of fused-ring (bicyclic) bond motifs is 1. The van der Waals surface area contributed by atoms with Gasteiger partial charge in [-0.3, -0.25) is 0 Å². The third-order valence-electron chi connectivity index (χ3n) is 3.45. The fraction of sp³-hybridized carbons (Fsp3) is 0.176. The Bertz CT molecular complexity index is 691. The van der Waals surface area contributed by atoms with Gasteiger partial charge in [0, 0.05) is 18.3 Å². The molecular formula is C17H18ClFN2. The Kier molecular flexibility index (Phi) is 5.37. The molecule has 110 valence electrons. The van der Waals surface area contributed by atoms with Gasteiger partial charge in [0.25, 0.3) is 0 Å². The van der Waals surface area contributed by atoms with Crippen LogP contribution < -0.4 is 5.32 Å². The predicted molar refractivity (Wildman–Crippen MR) is 87.4 cm³/mol. The molecule has 0 bridgehead atoms. The highest BCUT2D eigenvalue weighted by molar-refractivity contribution is 5.85. The van der Waals surface area contributed by atoms with Crippen LogP contribution in [0.4, 0.5) is 4.39 Å². The first-order valence-corrected chi connectivity index (χ1v) is 6.82. The smallest absolute Gasteiger partial charge is 0.123 e. The minimum atomic E-state index is -0.179. The molecule has 2 nitrogen and oxygen atoms in total. The van der Waals surface area contributed by atoms with E-state index in [4.69, 9.17) is 0 Å². The SMILES string of the molecule is Cl.Fc1ccc(CCNCc2ccc3[nH]ccc3c2)cc1. The van der Waals surface area contributed by atoms with Gasteiger partial charge in [-0.2, -0.15) is 0 Å². The van der Waals surface area contributed by atoms with E-state index < -0.39 is 0 Å². The number of H-pyrrole nitrogens is 1. The van der Waals surface area contributed by atoms with E-state index in [0.717, 1.165) is 25.1 Å². The van der Waals surface area contributed by atoms with Crippen LogP contribution in [0.3, 0.4) is 0 Å². The lowest BCUT2D eigenvalue weighted by atomic mass is 10.1. The van der Waals surface area contributed by atoms with Crippen molar-refractivity contribution in [1.29, 1.82) is 0 Å². The molecule has 1 heterocycles. The molecule has 0 atom stereocenters. The molecule has 0 aliphatic heterocycles. The van der Waals surface area contributed by atoms with Crippen molar-refractivity contribution in [2.45, 2.75) is 13.0 Å². The lowest BCUT2D eigenvalue weighted by Crippen LogP contribution is -2.16. The highest BCUT2D eigenvalue weighted by atomic mass is 35.5. The summed E-state index contributed by atoms with van der Waals surface area (Å²) in [4.78, 5) is 3.19. The summed E-state index contributed by atoms with van der Waals surface area (Å²) in [5, 5.41) is 4.66. The van der Waals surface area contributed by atoms with Crippen molar-refractivity contribution in [2.24, 2.45) is 0 Å². The Morgan fingerprint density at radius 1 is 0.952 bits per heavy atom. The summed E-state index contributed by atoms with van der Waals surface area (Å²) >= 11 is 0. The van der Waals surface area contributed by atoms with Crippen molar-refractivity contribution in [3.63, 3.8) is 0 Å². The largest absolute Gasteiger partial charge is 0.361 e. The van der Waals surface area contributed by atoms with E-state index in [0.29, 0.717) is 0 Å². The molecule has 2 N–H and O–H groups in total. The van der Waals surface area contributed by atoms with Gasteiger partial charge in [0.1, 0.15) is 5.82 Å². The van der Waals surface area contributed by atoms with E-state index >= 15 is 0 Å². The van der Waals surface area contributed by atoms with Crippen LogP contribution in [0.1, 0.15) is 11.1 Å². The van der Waals surface area contributed by atoms with Crippen molar-refractivity contribution in [3.8, 4) is 0 Å². The third kappa shape index (κ3) is 4.06. The third-order valence-corrected chi connectivity index (χ3v) is 3.45. The lowest BCUT2D eigenvalue weighted by Gasteiger charge is -2.05. The number of halogens is 2. The maximum Gasteiger partial charge on any atom is 0.123 e. The minimum absolute atomic E-state index is 0. The molecule has 0 spiro atoms. The van der Waals surface area contributed by atoms with Crippen LogP contribution in [0.2, 0.25) is 0 Å². The van der Waals surface area contributed by atoms with Crippen LogP contribution in [0.15, 0.2) is 54.7 Å². The Hall–Kier alpha value is -1.84. The Morgan fingerprint density at radius 2 is 1.71 bits per heavy atom. The summed E-state index contributed by atoms with van der Waals surface area (Å²) in [6.45, 7) is 1.74. The van der Waals surface area contributed by atoms with Gasteiger partial charge in [-0.15, -0.1) is 12.4 Å². The van der Waals surface area contributed by atoms with Crippen LogP contribution in [0.5, 0.6) is 0 Å². The Labute approximate surface area is 129 Å². The van der Waals surface area contributed by atoms with E-state index in [1.165, 1.54) is 28.6 Å². The molecule has 2 aromatic carbocycles. The minimum Gasteiger partial charge on any atom is -0.361 e. The van der Waals surface area contributed by atoms with Crippen molar-refractivity contribution in [1.82, 2.24) is 10.3 Å². The van der Waals surface area contributed by atoms with Gasteiger partial charge in [-0.1, -0.05) is 18.2 Å². The predicted octanol–water partition coefficient (Wildman–Crippen LogP) is 4.06. The second kappa shape index (κ2) is 7.25. The van der Waals surface area contributed by atoms with Gasteiger partial charge < -0.3 is 10.3 Å². The normalized spacial score (nSPS) is 10.5. The molecule has 0 aliphatic rings. The number of aromatic nitrogens is 1. The summed E-state index contributed by atoms with van der Waals surface area (Å²) in [7, 11) is 0. The monoisotopic (exact) mass is 304 g/mol. The average Bonchev–Trinajstić information content (AvgIpc) is 2.93. The summed E-state index contributed by atoms with van der Waals surface area (Å²) in [6.07, 6.45) is 2.86. The maximum atomic E-state index is 12.8. The summed E-state index contributed by atoms with van der Waals surface area (Å²) in [5.74, 6) is -0.179. The van der Waals surface area contributed by atoms with Crippen molar-refractivity contribution >= 4 is 23.3 Å². The number of benzene rings is 2. The molecule has 0 amide bonds. The highest BCUT2D eigenvalue weighted by Crippen LogP contribution is 2.14. The molecule has 0 saturated carbocycles. The van der Waals surface area contributed by atoms with Crippen LogP contribution in [-0.4, -0.2) is 11.5 Å². The van der Waals surface area contributed by atoms with Gasteiger partial charge >= 0.3 is 0 Å². The molecule has 0 radical (unpaired) electrons. The van der Waals surface area contributed by atoms with Crippen molar-refractivity contribution in [2.75, 3.05) is 6.54 Å². The molecule has 3 aromatic rings. The summed E-state index contributed by atoms with van der Waals surface area (Å²) in [6, 6.07) is 15.2. The average molecular weight is 305 g/mol. The molecule has 1 aromatic heterocycles. The first-order valence-electron chi connectivity index (χ1n) is 6.82. The highest BCUT2D eigenvalue weighted by Gasteiger charge is 1.98. The van der Waals surface area contributed by atoms with Gasteiger partial charge in [0.05, 0.1) is 0 Å². The zero-order valence-electron chi connectivity index (χ0n) is 11.6. The first kappa shape index (κ1) is 15.5. The van der Waals surface area contributed by atoms with Gasteiger partial charge in [-0.25, -0.2) is 4.39 Å². The number of nitrogens with one attached hydrogen (secondary N) is 2. The number of aromatic amines is 1. The zero-order chi connectivity index (χ0) is 13.8. The number of rotatable bonds is 5. The van der Waals surface area contributed by atoms with Gasteiger partial charge in [0.2, 0.25) is 0 Å². The Morgan fingerprint density at radius 3 is 2.52 bits per heavy atom. The molecular weight excluding hydrogens is 287 g/mol. The standard InChI is InChI=1S/C17H17FN2.ClH/c18-16-4-1-13(2-5-16)7-9-19-12-14-3-6-17-15(11-14)8-10-20-17;/h1-6,8,10-11,19-20H,7,9,12H2;1H. The van der Waals surface area contributed by atoms with E-state index in [1.807, 2.05) is 18.3 Å². The molecule has 0 saturated heterocycles. The van der Waals surface area contributed by atoms with E-state index in [9.17, 15) is 4.39 Å². The number of hydrogen-bond acceptors (Lipinski definition) is 1. The van der Waals surface area contributed by atoms with Crippen LogP contribution in [0.25, 0.3) is 10.9 Å². The second-order valence-corrected chi connectivity index (χ2v) is 4.95.